The summed E-state index contributed by atoms with van der Waals surface area (Å²) >= 11 is 5.96. The highest BCUT2D eigenvalue weighted by Crippen LogP contribution is 2.21. The third kappa shape index (κ3) is 3.37. The number of carbonyl (C=O) groups is 1. The average molecular weight is 269 g/mol. The van der Waals surface area contributed by atoms with Gasteiger partial charge in [0.05, 0.1) is 10.6 Å². The molecule has 0 spiro atoms. The van der Waals surface area contributed by atoms with Crippen LogP contribution < -0.4 is 10.6 Å². The summed E-state index contributed by atoms with van der Waals surface area (Å²) in [5, 5.41) is 16.0. The van der Waals surface area contributed by atoms with Crippen molar-refractivity contribution in [2.45, 2.75) is 25.3 Å². The first kappa shape index (κ1) is 13.2. The fourth-order valence-corrected chi connectivity index (χ4v) is 2.32. The lowest BCUT2D eigenvalue weighted by Crippen LogP contribution is -2.35. The number of phenols is 1. The van der Waals surface area contributed by atoms with Crippen LogP contribution in [0, 0.1) is 0 Å². The molecule has 1 aromatic rings. The van der Waals surface area contributed by atoms with E-state index in [9.17, 15) is 9.90 Å². The molecule has 0 aliphatic carbocycles. The Morgan fingerprint density at radius 2 is 2.22 bits per heavy atom. The number of hydrogen-bond donors (Lipinski definition) is 3. The van der Waals surface area contributed by atoms with Gasteiger partial charge in [-0.2, -0.15) is 0 Å². The Morgan fingerprint density at radius 1 is 1.39 bits per heavy atom. The summed E-state index contributed by atoms with van der Waals surface area (Å²) in [5.74, 6) is -0.171. The fourth-order valence-electron chi connectivity index (χ4n) is 2.11. The van der Waals surface area contributed by atoms with E-state index in [2.05, 4.69) is 10.6 Å². The Balaban J connectivity index is 2.04. The topological polar surface area (TPSA) is 61.4 Å². The molecular weight excluding hydrogens is 252 g/mol. The second-order valence-electron chi connectivity index (χ2n) is 4.52. The SMILES string of the molecule is O=C(NC1CCCNCC1)c1cc(O)ccc1Cl. The van der Waals surface area contributed by atoms with Crippen LogP contribution in [0.15, 0.2) is 18.2 Å². The number of nitrogens with one attached hydrogen (secondary N) is 2. The van der Waals surface area contributed by atoms with Gasteiger partial charge in [-0.25, -0.2) is 0 Å². The van der Waals surface area contributed by atoms with E-state index in [1.54, 1.807) is 0 Å². The molecule has 18 heavy (non-hydrogen) atoms. The predicted molar refractivity (Wildman–Crippen MR) is 71.1 cm³/mol. The summed E-state index contributed by atoms with van der Waals surface area (Å²) in [6.07, 6.45) is 2.94. The molecule has 2 rings (SSSR count). The van der Waals surface area contributed by atoms with Crippen LogP contribution >= 0.6 is 11.6 Å². The normalized spacial score (nSPS) is 20.2. The third-order valence-corrected chi connectivity index (χ3v) is 3.44. The van der Waals surface area contributed by atoms with Crippen molar-refractivity contribution in [1.29, 1.82) is 0 Å². The lowest BCUT2D eigenvalue weighted by Gasteiger charge is -2.16. The van der Waals surface area contributed by atoms with Crippen molar-refractivity contribution < 1.29 is 9.90 Å². The molecule has 3 N–H and O–H groups in total. The molecule has 0 bridgehead atoms. The lowest BCUT2D eigenvalue weighted by molar-refractivity contribution is 0.0934. The Hall–Kier alpha value is -1.26. The van der Waals surface area contributed by atoms with E-state index in [0.29, 0.717) is 10.6 Å². The van der Waals surface area contributed by atoms with Gasteiger partial charge in [0.1, 0.15) is 5.75 Å². The molecule has 5 heteroatoms. The van der Waals surface area contributed by atoms with Crippen LogP contribution in [-0.2, 0) is 0 Å². The van der Waals surface area contributed by atoms with Crippen LogP contribution in [0.4, 0.5) is 0 Å². The molecule has 1 aromatic carbocycles. The molecule has 1 aliphatic heterocycles. The van der Waals surface area contributed by atoms with E-state index >= 15 is 0 Å². The molecule has 1 amide bonds. The van der Waals surface area contributed by atoms with Crippen LogP contribution in [0.5, 0.6) is 5.75 Å². The van der Waals surface area contributed by atoms with Crippen LogP contribution in [0.25, 0.3) is 0 Å². The fraction of sp³-hybridized carbons (Fsp3) is 0.462. The summed E-state index contributed by atoms with van der Waals surface area (Å²) < 4.78 is 0. The number of rotatable bonds is 2. The second kappa shape index (κ2) is 6.07. The number of phenolic OH excluding ortho intramolecular Hbond substituents is 1. The average Bonchev–Trinajstić information content (AvgIpc) is 2.61. The van der Waals surface area contributed by atoms with Crippen molar-refractivity contribution in [3.05, 3.63) is 28.8 Å². The molecule has 4 nitrogen and oxygen atoms in total. The van der Waals surface area contributed by atoms with Gasteiger partial charge in [-0.3, -0.25) is 4.79 Å². The molecule has 1 atom stereocenters. The quantitative estimate of drug-likeness (QED) is 0.768. The van der Waals surface area contributed by atoms with Gasteiger partial charge >= 0.3 is 0 Å². The number of hydrogen-bond acceptors (Lipinski definition) is 3. The standard InChI is InChI=1S/C13H17ClN2O2/c14-12-4-3-10(17)8-11(12)13(18)16-9-2-1-6-15-7-5-9/h3-4,8-9,15,17H,1-2,5-7H2,(H,16,18). The molecule has 98 valence electrons. The summed E-state index contributed by atoms with van der Waals surface area (Å²) in [6.45, 7) is 1.91. The summed E-state index contributed by atoms with van der Waals surface area (Å²) in [6, 6.07) is 4.56. The van der Waals surface area contributed by atoms with Crippen molar-refractivity contribution >= 4 is 17.5 Å². The second-order valence-corrected chi connectivity index (χ2v) is 4.92. The van der Waals surface area contributed by atoms with E-state index in [4.69, 9.17) is 11.6 Å². The number of aromatic hydroxyl groups is 1. The first-order valence-electron chi connectivity index (χ1n) is 6.17. The van der Waals surface area contributed by atoms with E-state index in [1.165, 1.54) is 18.2 Å². The molecular formula is C13H17ClN2O2. The number of benzene rings is 1. The summed E-state index contributed by atoms with van der Waals surface area (Å²) in [5.41, 5.74) is 0.328. The third-order valence-electron chi connectivity index (χ3n) is 3.11. The smallest absolute Gasteiger partial charge is 0.253 e. The maximum Gasteiger partial charge on any atom is 0.253 e. The number of amides is 1. The van der Waals surface area contributed by atoms with E-state index < -0.39 is 0 Å². The molecule has 1 fully saturated rings. The summed E-state index contributed by atoms with van der Waals surface area (Å²) in [4.78, 5) is 12.1. The minimum atomic E-state index is -0.220. The van der Waals surface area contributed by atoms with E-state index in [-0.39, 0.29) is 17.7 Å². The zero-order valence-corrected chi connectivity index (χ0v) is 10.8. The molecule has 0 radical (unpaired) electrons. The van der Waals surface area contributed by atoms with E-state index in [0.717, 1.165) is 32.4 Å². The molecule has 1 unspecified atom stereocenters. The van der Waals surface area contributed by atoms with E-state index in [1.807, 2.05) is 0 Å². The van der Waals surface area contributed by atoms with Gasteiger partial charge in [-0.1, -0.05) is 11.6 Å². The van der Waals surface area contributed by atoms with Crippen molar-refractivity contribution in [2.75, 3.05) is 13.1 Å². The molecule has 1 aliphatic rings. The predicted octanol–water partition coefficient (Wildman–Crippen LogP) is 1.92. The Bertz CT molecular complexity index is 429. The van der Waals surface area contributed by atoms with Crippen molar-refractivity contribution in [2.24, 2.45) is 0 Å². The molecule has 0 aromatic heterocycles. The first-order chi connectivity index (χ1) is 8.66. The van der Waals surface area contributed by atoms with Crippen molar-refractivity contribution in [3.63, 3.8) is 0 Å². The zero-order chi connectivity index (χ0) is 13.0. The Morgan fingerprint density at radius 3 is 3.06 bits per heavy atom. The monoisotopic (exact) mass is 268 g/mol. The van der Waals surface area contributed by atoms with Crippen molar-refractivity contribution in [1.82, 2.24) is 10.6 Å². The van der Waals surface area contributed by atoms with Crippen LogP contribution in [-0.4, -0.2) is 30.1 Å². The van der Waals surface area contributed by atoms with Crippen LogP contribution in [0.1, 0.15) is 29.6 Å². The minimum Gasteiger partial charge on any atom is -0.508 e. The Labute approximate surface area is 111 Å². The van der Waals surface area contributed by atoms with Crippen molar-refractivity contribution in [3.8, 4) is 5.75 Å². The summed E-state index contributed by atoms with van der Waals surface area (Å²) in [7, 11) is 0. The largest absolute Gasteiger partial charge is 0.508 e. The molecule has 1 heterocycles. The van der Waals surface area contributed by atoms with Crippen LogP contribution in [0.3, 0.4) is 0 Å². The highest BCUT2D eigenvalue weighted by Gasteiger charge is 2.17. The lowest BCUT2D eigenvalue weighted by atomic mass is 10.1. The number of carbonyl (C=O) groups excluding carboxylic acids is 1. The van der Waals surface area contributed by atoms with Gasteiger partial charge in [-0.05, 0) is 50.6 Å². The van der Waals surface area contributed by atoms with Gasteiger partial charge in [0, 0.05) is 6.04 Å². The molecule has 0 saturated carbocycles. The van der Waals surface area contributed by atoms with Gasteiger partial charge < -0.3 is 15.7 Å². The maximum absolute atomic E-state index is 12.1. The Kier molecular flexibility index (Phi) is 4.44. The van der Waals surface area contributed by atoms with Gasteiger partial charge in [-0.15, -0.1) is 0 Å². The zero-order valence-electron chi connectivity index (χ0n) is 10.1. The maximum atomic E-state index is 12.1. The highest BCUT2D eigenvalue weighted by molar-refractivity contribution is 6.33. The van der Waals surface area contributed by atoms with Crippen LogP contribution in [0.2, 0.25) is 5.02 Å². The minimum absolute atomic E-state index is 0.0482. The molecule has 1 saturated heterocycles. The van der Waals surface area contributed by atoms with Gasteiger partial charge in [0.25, 0.3) is 5.91 Å². The van der Waals surface area contributed by atoms with Gasteiger partial charge in [0.15, 0.2) is 0 Å². The van der Waals surface area contributed by atoms with Gasteiger partial charge in [0.2, 0.25) is 0 Å². The highest BCUT2D eigenvalue weighted by atomic mass is 35.5. The first-order valence-corrected chi connectivity index (χ1v) is 6.54. The number of halogens is 1.